The third-order valence-electron chi connectivity index (χ3n) is 3.80. The molecule has 1 aromatic carbocycles. The van der Waals surface area contributed by atoms with Crippen LogP contribution in [0.25, 0.3) is 11.5 Å². The molecule has 136 valence electrons. The molecule has 0 fully saturated rings. The van der Waals surface area contributed by atoms with Gasteiger partial charge in [-0.25, -0.2) is 0 Å². The Hall–Kier alpha value is -2.37. The zero-order chi connectivity index (χ0) is 18.8. The molecule has 0 aliphatic rings. The Bertz CT molecular complexity index is 730. The SMILES string of the molecule is CCO/C=N/c1noc(-c2cc(C(C)(C)C)c(O)c(C(C)(C)C)c2)n1. The minimum atomic E-state index is -0.226. The second-order valence-electron chi connectivity index (χ2n) is 8.01. The highest BCUT2D eigenvalue weighted by atomic mass is 16.5. The quantitative estimate of drug-likeness (QED) is 0.640. The fourth-order valence-corrected chi connectivity index (χ4v) is 2.45. The summed E-state index contributed by atoms with van der Waals surface area (Å²) in [5.41, 5.74) is 1.99. The second kappa shape index (κ2) is 6.86. The summed E-state index contributed by atoms with van der Waals surface area (Å²) in [5.74, 6) is 0.878. The summed E-state index contributed by atoms with van der Waals surface area (Å²) in [5, 5.41) is 14.6. The van der Waals surface area contributed by atoms with E-state index in [2.05, 4.69) is 56.7 Å². The lowest BCUT2D eigenvalue weighted by Crippen LogP contribution is -2.17. The van der Waals surface area contributed by atoms with Crippen molar-refractivity contribution in [3.8, 4) is 17.2 Å². The van der Waals surface area contributed by atoms with Crippen LogP contribution in [0, 0.1) is 0 Å². The van der Waals surface area contributed by atoms with Crippen LogP contribution in [-0.2, 0) is 15.6 Å². The maximum absolute atomic E-state index is 10.8. The van der Waals surface area contributed by atoms with E-state index in [1.54, 1.807) is 0 Å². The number of phenolic OH excluding ortho intramolecular Hbond substituents is 1. The number of aromatic nitrogens is 2. The molecule has 0 bridgehead atoms. The number of nitrogens with zero attached hydrogens (tertiary/aromatic N) is 3. The maximum atomic E-state index is 10.8. The smallest absolute Gasteiger partial charge is 0.292 e. The second-order valence-corrected chi connectivity index (χ2v) is 8.01. The van der Waals surface area contributed by atoms with Crippen molar-refractivity contribution in [3.05, 3.63) is 23.3 Å². The van der Waals surface area contributed by atoms with E-state index in [-0.39, 0.29) is 16.8 Å². The van der Waals surface area contributed by atoms with Crippen molar-refractivity contribution < 1.29 is 14.4 Å². The fourth-order valence-electron chi connectivity index (χ4n) is 2.45. The summed E-state index contributed by atoms with van der Waals surface area (Å²) in [6, 6.07) is 3.79. The molecule has 1 N–H and O–H groups in total. The number of phenols is 1. The van der Waals surface area contributed by atoms with Gasteiger partial charge in [-0.3, -0.25) is 0 Å². The Kier molecular flexibility index (Phi) is 5.20. The van der Waals surface area contributed by atoms with Crippen LogP contribution in [0.4, 0.5) is 5.95 Å². The molecular weight excluding hydrogens is 318 g/mol. The number of ether oxygens (including phenoxy) is 1. The molecule has 6 nitrogen and oxygen atoms in total. The van der Waals surface area contributed by atoms with Crippen molar-refractivity contribution in [1.82, 2.24) is 10.1 Å². The molecule has 0 unspecified atom stereocenters. The van der Waals surface area contributed by atoms with Crippen molar-refractivity contribution in [2.45, 2.75) is 59.3 Å². The van der Waals surface area contributed by atoms with Gasteiger partial charge in [0.25, 0.3) is 11.8 Å². The molecule has 1 heterocycles. The van der Waals surface area contributed by atoms with Gasteiger partial charge in [-0.2, -0.15) is 9.98 Å². The molecule has 6 heteroatoms. The van der Waals surface area contributed by atoms with E-state index in [0.717, 1.165) is 16.7 Å². The van der Waals surface area contributed by atoms with Crippen LogP contribution in [0.3, 0.4) is 0 Å². The molecule has 1 aromatic heterocycles. The number of hydrogen-bond acceptors (Lipinski definition) is 6. The van der Waals surface area contributed by atoms with Gasteiger partial charge in [-0.1, -0.05) is 41.5 Å². The normalized spacial score (nSPS) is 12.8. The minimum Gasteiger partial charge on any atom is -0.507 e. The third kappa shape index (κ3) is 4.38. The number of hydrogen-bond donors (Lipinski definition) is 1. The monoisotopic (exact) mass is 345 g/mol. The van der Waals surface area contributed by atoms with Gasteiger partial charge >= 0.3 is 0 Å². The highest BCUT2D eigenvalue weighted by Crippen LogP contribution is 2.41. The number of aromatic hydroxyl groups is 1. The molecule has 0 saturated heterocycles. The van der Waals surface area contributed by atoms with Crippen molar-refractivity contribution in [3.63, 3.8) is 0 Å². The Labute approximate surface area is 148 Å². The summed E-state index contributed by atoms with van der Waals surface area (Å²) in [7, 11) is 0. The Morgan fingerprint density at radius 1 is 1.12 bits per heavy atom. The van der Waals surface area contributed by atoms with Gasteiger partial charge in [-0.05, 0) is 35.0 Å². The van der Waals surface area contributed by atoms with Crippen LogP contribution < -0.4 is 0 Å². The van der Waals surface area contributed by atoms with Crippen molar-refractivity contribution in [2.24, 2.45) is 4.99 Å². The predicted octanol–water partition coefficient (Wildman–Crippen LogP) is 4.73. The van der Waals surface area contributed by atoms with Crippen LogP contribution in [0.2, 0.25) is 0 Å². The number of benzene rings is 1. The largest absolute Gasteiger partial charge is 0.507 e. The van der Waals surface area contributed by atoms with Crippen LogP contribution in [0.1, 0.15) is 59.6 Å². The molecule has 0 aliphatic carbocycles. The molecule has 25 heavy (non-hydrogen) atoms. The van der Waals surface area contributed by atoms with Gasteiger partial charge in [0.2, 0.25) is 0 Å². The molecular formula is C19H27N3O3. The molecule has 2 rings (SSSR count). The van der Waals surface area contributed by atoms with Crippen molar-refractivity contribution in [1.29, 1.82) is 0 Å². The number of aliphatic imine (C=N–C) groups is 1. The zero-order valence-electron chi connectivity index (χ0n) is 16.0. The maximum Gasteiger partial charge on any atom is 0.292 e. The number of rotatable bonds is 4. The summed E-state index contributed by atoms with van der Waals surface area (Å²) in [6.07, 6.45) is 1.30. The molecule has 0 saturated carbocycles. The standard InChI is InChI=1S/C19H27N3O3/c1-8-24-11-20-17-21-16(25-22-17)12-9-13(18(2,3)4)15(23)14(10-12)19(5,6)7/h9-11,23H,8H2,1-7H3/b20-11+. The van der Waals surface area contributed by atoms with Gasteiger partial charge in [0, 0.05) is 16.7 Å². The fraction of sp³-hybridized carbons (Fsp3) is 0.526. The summed E-state index contributed by atoms with van der Waals surface area (Å²) in [4.78, 5) is 8.28. The average molecular weight is 345 g/mol. The van der Waals surface area contributed by atoms with E-state index >= 15 is 0 Å². The molecule has 0 amide bonds. The van der Waals surface area contributed by atoms with Crippen LogP contribution >= 0.6 is 0 Å². The van der Waals surface area contributed by atoms with Gasteiger partial charge in [0.05, 0.1) is 6.61 Å². The summed E-state index contributed by atoms with van der Waals surface area (Å²) in [6.45, 7) is 14.7. The zero-order valence-corrected chi connectivity index (χ0v) is 16.0. The van der Waals surface area contributed by atoms with Crippen molar-refractivity contribution in [2.75, 3.05) is 6.61 Å². The topological polar surface area (TPSA) is 80.7 Å². The third-order valence-corrected chi connectivity index (χ3v) is 3.80. The van der Waals surface area contributed by atoms with E-state index < -0.39 is 0 Å². The first kappa shape index (κ1) is 19.0. The van der Waals surface area contributed by atoms with Crippen LogP contribution in [0.15, 0.2) is 21.6 Å². The predicted molar refractivity (Wildman–Crippen MR) is 98.6 cm³/mol. The van der Waals surface area contributed by atoms with E-state index in [0.29, 0.717) is 18.2 Å². The lowest BCUT2D eigenvalue weighted by atomic mass is 9.78. The van der Waals surface area contributed by atoms with Gasteiger partial charge in [0.1, 0.15) is 5.75 Å². The Morgan fingerprint density at radius 2 is 1.68 bits per heavy atom. The molecule has 0 spiro atoms. The van der Waals surface area contributed by atoms with Gasteiger partial charge in [0.15, 0.2) is 6.40 Å². The van der Waals surface area contributed by atoms with Gasteiger partial charge < -0.3 is 14.4 Å². The first-order valence-electron chi connectivity index (χ1n) is 8.40. The first-order chi connectivity index (χ1) is 11.5. The lowest BCUT2D eigenvalue weighted by molar-refractivity contribution is 0.343. The average Bonchev–Trinajstić information content (AvgIpc) is 2.94. The van der Waals surface area contributed by atoms with E-state index in [4.69, 9.17) is 9.26 Å². The lowest BCUT2D eigenvalue weighted by Gasteiger charge is -2.27. The highest BCUT2D eigenvalue weighted by Gasteiger charge is 2.27. The minimum absolute atomic E-state index is 0.200. The van der Waals surface area contributed by atoms with Crippen molar-refractivity contribution >= 4 is 12.3 Å². The Morgan fingerprint density at radius 3 is 2.16 bits per heavy atom. The molecule has 0 radical (unpaired) electrons. The summed E-state index contributed by atoms with van der Waals surface area (Å²) >= 11 is 0. The van der Waals surface area contributed by atoms with Gasteiger partial charge in [-0.15, -0.1) is 0 Å². The van der Waals surface area contributed by atoms with E-state index in [9.17, 15) is 5.11 Å². The van der Waals surface area contributed by atoms with Crippen LogP contribution in [-0.4, -0.2) is 28.3 Å². The molecule has 0 atom stereocenters. The first-order valence-corrected chi connectivity index (χ1v) is 8.40. The van der Waals surface area contributed by atoms with E-state index in [1.165, 1.54) is 6.40 Å². The Balaban J connectivity index is 2.55. The summed E-state index contributed by atoms with van der Waals surface area (Å²) < 4.78 is 10.4. The van der Waals surface area contributed by atoms with E-state index in [1.807, 2.05) is 19.1 Å². The molecule has 0 aliphatic heterocycles. The van der Waals surface area contributed by atoms with Crippen LogP contribution in [0.5, 0.6) is 5.75 Å². The molecule has 2 aromatic rings. The highest BCUT2D eigenvalue weighted by molar-refractivity contribution is 5.63.